The van der Waals surface area contributed by atoms with Crippen LogP contribution in [0.5, 0.6) is 0 Å². The summed E-state index contributed by atoms with van der Waals surface area (Å²) in [5.74, 6) is 0. The number of halogens is 1. The lowest BCUT2D eigenvalue weighted by atomic mass is 10.4. The lowest BCUT2D eigenvalue weighted by molar-refractivity contribution is 0.292. The van der Waals surface area contributed by atoms with Crippen molar-refractivity contribution in [3.63, 3.8) is 0 Å². The molecule has 15 heavy (non-hydrogen) atoms. The predicted octanol–water partition coefficient (Wildman–Crippen LogP) is 1.15. The van der Waals surface area contributed by atoms with E-state index in [-0.39, 0.29) is 19.0 Å². The molecule has 0 fully saturated rings. The molecule has 1 aromatic heterocycles. The second-order valence-corrected chi connectivity index (χ2v) is 4.54. The summed E-state index contributed by atoms with van der Waals surface area (Å²) >= 11 is 1.83. The molecular weight excluding hydrogens is 232 g/mol. The van der Waals surface area contributed by atoms with Gasteiger partial charge < -0.3 is 15.7 Å². The predicted molar refractivity (Wildman–Crippen MR) is 68.0 cm³/mol. The van der Waals surface area contributed by atoms with Crippen molar-refractivity contribution in [2.75, 3.05) is 26.2 Å². The van der Waals surface area contributed by atoms with E-state index >= 15 is 0 Å². The number of aliphatic hydroxyl groups excluding tert-OH is 1. The minimum Gasteiger partial charge on any atom is -0.395 e. The molecule has 0 bridgehead atoms. The first-order valence-corrected chi connectivity index (χ1v) is 5.72. The van der Waals surface area contributed by atoms with Crippen molar-refractivity contribution in [1.29, 1.82) is 0 Å². The zero-order chi connectivity index (χ0) is 10.2. The molecule has 1 rings (SSSR count). The first-order chi connectivity index (χ1) is 6.83. The van der Waals surface area contributed by atoms with Gasteiger partial charge in [-0.2, -0.15) is 0 Å². The van der Waals surface area contributed by atoms with Crippen LogP contribution in [0, 0.1) is 6.92 Å². The van der Waals surface area contributed by atoms with Crippen LogP contribution in [0.1, 0.15) is 9.75 Å². The van der Waals surface area contributed by atoms with Crippen molar-refractivity contribution in [2.24, 2.45) is 0 Å². The molecule has 5 heteroatoms. The van der Waals surface area contributed by atoms with Gasteiger partial charge in [-0.15, -0.1) is 23.7 Å². The Bertz CT molecular complexity index is 255. The van der Waals surface area contributed by atoms with Gasteiger partial charge in [0, 0.05) is 35.9 Å². The fourth-order valence-corrected chi connectivity index (χ4v) is 2.03. The third-order valence-corrected chi connectivity index (χ3v) is 2.86. The molecule has 3 N–H and O–H groups in total. The number of hydrogen-bond acceptors (Lipinski definition) is 4. The highest BCUT2D eigenvalue weighted by Gasteiger charge is 1.95. The van der Waals surface area contributed by atoms with E-state index in [1.807, 2.05) is 11.3 Å². The van der Waals surface area contributed by atoms with E-state index < -0.39 is 0 Å². The monoisotopic (exact) mass is 250 g/mol. The fourth-order valence-electron chi connectivity index (χ4n) is 1.17. The van der Waals surface area contributed by atoms with Crippen molar-refractivity contribution >= 4 is 23.7 Å². The van der Waals surface area contributed by atoms with Gasteiger partial charge in [-0.3, -0.25) is 0 Å². The van der Waals surface area contributed by atoms with Crippen LogP contribution < -0.4 is 10.6 Å². The summed E-state index contributed by atoms with van der Waals surface area (Å²) in [4.78, 5) is 2.74. The number of aryl methyl sites for hydroxylation is 1. The van der Waals surface area contributed by atoms with E-state index in [0.717, 1.165) is 19.6 Å². The fraction of sp³-hybridized carbons (Fsp3) is 0.600. The molecule has 0 saturated heterocycles. The molecule has 3 nitrogen and oxygen atoms in total. The van der Waals surface area contributed by atoms with E-state index in [9.17, 15) is 0 Å². The minimum absolute atomic E-state index is 0. The van der Waals surface area contributed by atoms with E-state index in [1.165, 1.54) is 9.75 Å². The Morgan fingerprint density at radius 1 is 1.20 bits per heavy atom. The van der Waals surface area contributed by atoms with Crippen LogP contribution in [-0.4, -0.2) is 31.3 Å². The molecular formula is C10H19ClN2OS. The van der Waals surface area contributed by atoms with Gasteiger partial charge in [0.1, 0.15) is 0 Å². The molecule has 0 spiro atoms. The van der Waals surface area contributed by atoms with Gasteiger partial charge in [-0.1, -0.05) is 0 Å². The van der Waals surface area contributed by atoms with Gasteiger partial charge in [-0.25, -0.2) is 0 Å². The average Bonchev–Trinajstić information content (AvgIpc) is 2.58. The summed E-state index contributed by atoms with van der Waals surface area (Å²) in [6, 6.07) is 4.31. The highest BCUT2D eigenvalue weighted by atomic mass is 35.5. The topological polar surface area (TPSA) is 44.3 Å². The van der Waals surface area contributed by atoms with Crippen molar-refractivity contribution < 1.29 is 5.11 Å². The maximum Gasteiger partial charge on any atom is 0.0555 e. The minimum atomic E-state index is 0. The summed E-state index contributed by atoms with van der Waals surface area (Å²) in [5.41, 5.74) is 0. The summed E-state index contributed by atoms with van der Waals surface area (Å²) < 4.78 is 0. The number of thiophene rings is 1. The first-order valence-electron chi connectivity index (χ1n) is 4.90. The van der Waals surface area contributed by atoms with E-state index in [0.29, 0.717) is 6.54 Å². The van der Waals surface area contributed by atoms with E-state index in [1.54, 1.807) is 0 Å². The zero-order valence-corrected chi connectivity index (χ0v) is 10.6. The molecule has 0 aliphatic carbocycles. The molecule has 0 aromatic carbocycles. The van der Waals surface area contributed by atoms with Crippen LogP contribution in [0.25, 0.3) is 0 Å². The zero-order valence-electron chi connectivity index (χ0n) is 8.95. The first kappa shape index (κ1) is 14.9. The third-order valence-electron chi connectivity index (χ3n) is 1.86. The lowest BCUT2D eigenvalue weighted by Gasteiger charge is -2.03. The second kappa shape index (κ2) is 9.12. The molecule has 0 aliphatic rings. The highest BCUT2D eigenvalue weighted by molar-refractivity contribution is 7.11. The van der Waals surface area contributed by atoms with Crippen molar-refractivity contribution in [1.82, 2.24) is 10.6 Å². The number of rotatable bonds is 7. The van der Waals surface area contributed by atoms with Crippen molar-refractivity contribution in [2.45, 2.75) is 13.5 Å². The normalized spacial score (nSPS) is 10.0. The lowest BCUT2D eigenvalue weighted by Crippen LogP contribution is -2.28. The van der Waals surface area contributed by atoms with Crippen molar-refractivity contribution in [3.05, 3.63) is 21.9 Å². The summed E-state index contributed by atoms with van der Waals surface area (Å²) in [5, 5.41) is 15.0. The third kappa shape index (κ3) is 6.87. The highest BCUT2D eigenvalue weighted by Crippen LogP contribution is 2.13. The Labute approximate surface area is 101 Å². The smallest absolute Gasteiger partial charge is 0.0555 e. The van der Waals surface area contributed by atoms with Gasteiger partial charge in [0.05, 0.1) is 6.61 Å². The van der Waals surface area contributed by atoms with Crippen LogP contribution in [0.4, 0.5) is 0 Å². The molecule has 0 atom stereocenters. The van der Waals surface area contributed by atoms with Gasteiger partial charge in [0.2, 0.25) is 0 Å². The molecule has 1 aromatic rings. The van der Waals surface area contributed by atoms with E-state index in [2.05, 4.69) is 29.7 Å². The SMILES string of the molecule is Cc1ccc(CNCCNCCO)s1.Cl. The second-order valence-electron chi connectivity index (χ2n) is 3.16. The van der Waals surface area contributed by atoms with Crippen LogP contribution >= 0.6 is 23.7 Å². The maximum absolute atomic E-state index is 8.52. The summed E-state index contributed by atoms with van der Waals surface area (Å²) in [7, 11) is 0. The molecule has 0 amide bonds. The number of nitrogens with one attached hydrogen (secondary N) is 2. The van der Waals surface area contributed by atoms with Crippen LogP contribution in [-0.2, 0) is 6.54 Å². The molecule has 0 saturated carbocycles. The molecule has 1 heterocycles. The molecule has 88 valence electrons. The van der Waals surface area contributed by atoms with Crippen LogP contribution in [0.3, 0.4) is 0 Å². The Morgan fingerprint density at radius 2 is 1.93 bits per heavy atom. The Hall–Kier alpha value is -0.130. The Kier molecular flexibility index (Phi) is 9.04. The Balaban J connectivity index is 0.00000196. The van der Waals surface area contributed by atoms with Gasteiger partial charge in [0.25, 0.3) is 0 Å². The largest absolute Gasteiger partial charge is 0.395 e. The Morgan fingerprint density at radius 3 is 2.53 bits per heavy atom. The molecule has 0 aliphatic heterocycles. The van der Waals surface area contributed by atoms with E-state index in [4.69, 9.17) is 5.11 Å². The van der Waals surface area contributed by atoms with Crippen molar-refractivity contribution in [3.8, 4) is 0 Å². The number of hydrogen-bond donors (Lipinski definition) is 3. The maximum atomic E-state index is 8.52. The van der Waals surface area contributed by atoms with Crippen LogP contribution in [0.2, 0.25) is 0 Å². The quantitative estimate of drug-likeness (QED) is 0.637. The van der Waals surface area contributed by atoms with Gasteiger partial charge >= 0.3 is 0 Å². The number of aliphatic hydroxyl groups is 1. The van der Waals surface area contributed by atoms with Crippen LogP contribution in [0.15, 0.2) is 12.1 Å². The average molecular weight is 251 g/mol. The molecule has 0 radical (unpaired) electrons. The standard InChI is InChI=1S/C10H18N2OS.ClH/c1-9-2-3-10(14-9)8-12-5-4-11-6-7-13;/h2-3,11-13H,4-8H2,1H3;1H. The summed E-state index contributed by atoms with van der Waals surface area (Å²) in [6.45, 7) is 5.81. The summed E-state index contributed by atoms with van der Waals surface area (Å²) in [6.07, 6.45) is 0. The van der Waals surface area contributed by atoms with Gasteiger partial charge in [0.15, 0.2) is 0 Å². The van der Waals surface area contributed by atoms with Gasteiger partial charge in [-0.05, 0) is 19.1 Å². The molecule has 0 unspecified atom stereocenters.